The summed E-state index contributed by atoms with van der Waals surface area (Å²) in [6.07, 6.45) is 6.60. The summed E-state index contributed by atoms with van der Waals surface area (Å²) < 4.78 is 21.7. The van der Waals surface area contributed by atoms with Gasteiger partial charge in [-0.15, -0.1) is 0 Å². The SMILES string of the molecule is C=CCOc1ccccc1CNC(=NC)NCc1ccc(-n2ccnc2)c(F)c1. The number of imidazole rings is 1. The first-order valence-electron chi connectivity index (χ1n) is 9.24. The minimum Gasteiger partial charge on any atom is -0.489 e. The number of rotatable bonds is 8. The molecule has 6 nitrogen and oxygen atoms in total. The highest BCUT2D eigenvalue weighted by molar-refractivity contribution is 5.79. The molecule has 0 radical (unpaired) electrons. The van der Waals surface area contributed by atoms with Gasteiger partial charge in [0.25, 0.3) is 0 Å². The third kappa shape index (κ3) is 5.44. The van der Waals surface area contributed by atoms with E-state index < -0.39 is 0 Å². The number of aliphatic imine (C=N–C) groups is 1. The lowest BCUT2D eigenvalue weighted by Gasteiger charge is -2.15. The molecular formula is C22H24FN5O. The Morgan fingerprint density at radius 3 is 2.79 bits per heavy atom. The quantitative estimate of drug-likeness (QED) is 0.350. The molecule has 2 N–H and O–H groups in total. The number of halogens is 1. The summed E-state index contributed by atoms with van der Waals surface area (Å²) in [5.41, 5.74) is 2.28. The molecule has 0 unspecified atom stereocenters. The summed E-state index contributed by atoms with van der Waals surface area (Å²) in [6.45, 7) is 5.10. The number of ether oxygens (including phenoxy) is 1. The van der Waals surface area contributed by atoms with Crippen LogP contribution in [0.1, 0.15) is 11.1 Å². The van der Waals surface area contributed by atoms with Crippen LogP contribution < -0.4 is 15.4 Å². The van der Waals surface area contributed by atoms with E-state index in [0.29, 0.717) is 31.3 Å². The molecule has 0 spiro atoms. The minimum atomic E-state index is -0.307. The molecule has 0 aliphatic rings. The second kappa shape index (κ2) is 10.1. The van der Waals surface area contributed by atoms with Crippen molar-refractivity contribution in [3.8, 4) is 11.4 Å². The van der Waals surface area contributed by atoms with E-state index in [1.165, 1.54) is 6.07 Å². The summed E-state index contributed by atoms with van der Waals surface area (Å²) in [5, 5.41) is 6.44. The van der Waals surface area contributed by atoms with Gasteiger partial charge in [-0.05, 0) is 23.8 Å². The van der Waals surface area contributed by atoms with Crippen LogP contribution in [-0.2, 0) is 13.1 Å². The summed E-state index contributed by atoms with van der Waals surface area (Å²) in [4.78, 5) is 8.17. The number of hydrogen-bond donors (Lipinski definition) is 2. The van der Waals surface area contributed by atoms with Crippen molar-refractivity contribution in [2.75, 3.05) is 13.7 Å². The first kappa shape index (κ1) is 20.1. The second-order valence-corrected chi connectivity index (χ2v) is 6.24. The number of hydrogen-bond acceptors (Lipinski definition) is 3. The van der Waals surface area contributed by atoms with Crippen LogP contribution in [0.2, 0.25) is 0 Å². The molecule has 7 heteroatoms. The predicted octanol–water partition coefficient (Wildman–Crippen LogP) is 3.44. The van der Waals surface area contributed by atoms with Crippen LogP contribution in [-0.4, -0.2) is 29.2 Å². The van der Waals surface area contributed by atoms with E-state index in [-0.39, 0.29) is 5.82 Å². The molecule has 0 saturated heterocycles. The summed E-state index contributed by atoms with van der Waals surface area (Å²) in [5.74, 6) is 1.11. The van der Waals surface area contributed by atoms with Gasteiger partial charge in [0.2, 0.25) is 0 Å². The van der Waals surface area contributed by atoms with E-state index in [0.717, 1.165) is 16.9 Å². The highest BCUT2D eigenvalue weighted by atomic mass is 19.1. The first-order valence-corrected chi connectivity index (χ1v) is 9.24. The number of para-hydroxylation sites is 1. The molecule has 3 rings (SSSR count). The van der Waals surface area contributed by atoms with Crippen LogP contribution in [0.15, 0.2) is 78.8 Å². The molecule has 0 amide bonds. The van der Waals surface area contributed by atoms with E-state index in [1.807, 2.05) is 30.3 Å². The Morgan fingerprint density at radius 1 is 1.24 bits per heavy atom. The van der Waals surface area contributed by atoms with Gasteiger partial charge in [0, 0.05) is 38.1 Å². The number of benzene rings is 2. The largest absolute Gasteiger partial charge is 0.489 e. The van der Waals surface area contributed by atoms with Gasteiger partial charge in [0.15, 0.2) is 5.96 Å². The fourth-order valence-electron chi connectivity index (χ4n) is 2.80. The van der Waals surface area contributed by atoms with Crippen molar-refractivity contribution in [3.05, 3.63) is 90.8 Å². The Bertz CT molecular complexity index is 969. The Hall–Kier alpha value is -3.61. The molecule has 0 aliphatic carbocycles. The van der Waals surface area contributed by atoms with Gasteiger partial charge >= 0.3 is 0 Å². The van der Waals surface area contributed by atoms with E-state index in [2.05, 4.69) is 27.2 Å². The van der Waals surface area contributed by atoms with E-state index in [1.54, 1.807) is 42.5 Å². The van der Waals surface area contributed by atoms with Gasteiger partial charge in [-0.3, -0.25) is 4.99 Å². The van der Waals surface area contributed by atoms with Crippen LogP contribution in [0.3, 0.4) is 0 Å². The zero-order chi connectivity index (χ0) is 20.5. The summed E-state index contributed by atoms with van der Waals surface area (Å²) in [7, 11) is 1.69. The molecule has 1 aromatic heterocycles. The van der Waals surface area contributed by atoms with Crippen molar-refractivity contribution < 1.29 is 9.13 Å². The maximum atomic E-state index is 14.4. The van der Waals surface area contributed by atoms with Crippen molar-refractivity contribution in [2.24, 2.45) is 4.99 Å². The number of nitrogens with one attached hydrogen (secondary N) is 2. The fourth-order valence-corrected chi connectivity index (χ4v) is 2.80. The highest BCUT2D eigenvalue weighted by Gasteiger charge is 2.07. The van der Waals surface area contributed by atoms with Gasteiger partial charge in [-0.25, -0.2) is 9.37 Å². The number of nitrogens with zero attached hydrogens (tertiary/aromatic N) is 3. The van der Waals surface area contributed by atoms with Crippen LogP contribution >= 0.6 is 0 Å². The Kier molecular flexibility index (Phi) is 7.00. The van der Waals surface area contributed by atoms with Crippen LogP contribution in [0.5, 0.6) is 5.75 Å². The van der Waals surface area contributed by atoms with E-state index in [4.69, 9.17) is 4.74 Å². The van der Waals surface area contributed by atoms with Crippen molar-refractivity contribution in [1.29, 1.82) is 0 Å². The molecule has 0 aliphatic heterocycles. The molecule has 3 aromatic rings. The van der Waals surface area contributed by atoms with Gasteiger partial charge < -0.3 is 19.9 Å². The van der Waals surface area contributed by atoms with E-state index in [9.17, 15) is 4.39 Å². The van der Waals surface area contributed by atoms with E-state index >= 15 is 0 Å². The number of aromatic nitrogens is 2. The molecule has 2 aromatic carbocycles. The molecule has 29 heavy (non-hydrogen) atoms. The monoisotopic (exact) mass is 393 g/mol. The standard InChI is InChI=1S/C22H24FN5O/c1-3-12-29-21-7-5-4-6-18(21)15-27-22(24-2)26-14-17-8-9-20(19(23)13-17)28-11-10-25-16-28/h3-11,13,16H,1,12,14-15H2,2H3,(H2,24,26,27). The highest BCUT2D eigenvalue weighted by Crippen LogP contribution is 2.18. The molecule has 150 valence electrons. The normalized spacial score (nSPS) is 11.2. The smallest absolute Gasteiger partial charge is 0.191 e. The molecule has 0 bridgehead atoms. The lowest BCUT2D eigenvalue weighted by atomic mass is 10.2. The Balaban J connectivity index is 1.57. The third-order valence-corrected chi connectivity index (χ3v) is 4.25. The molecule has 1 heterocycles. The van der Waals surface area contributed by atoms with Gasteiger partial charge in [0.05, 0.1) is 12.0 Å². The van der Waals surface area contributed by atoms with Crippen molar-refractivity contribution in [2.45, 2.75) is 13.1 Å². The van der Waals surface area contributed by atoms with Gasteiger partial charge in [-0.1, -0.05) is 36.9 Å². The first-order chi connectivity index (χ1) is 14.2. The van der Waals surface area contributed by atoms with Crippen molar-refractivity contribution in [3.63, 3.8) is 0 Å². The molecule has 0 fully saturated rings. The lowest BCUT2D eigenvalue weighted by molar-refractivity contribution is 0.358. The minimum absolute atomic E-state index is 0.307. The second-order valence-electron chi connectivity index (χ2n) is 6.24. The summed E-state index contributed by atoms with van der Waals surface area (Å²) >= 11 is 0. The van der Waals surface area contributed by atoms with Crippen LogP contribution in [0, 0.1) is 5.82 Å². The Morgan fingerprint density at radius 2 is 2.07 bits per heavy atom. The van der Waals surface area contributed by atoms with Gasteiger partial charge in [0.1, 0.15) is 18.2 Å². The zero-order valence-corrected chi connectivity index (χ0v) is 16.3. The predicted molar refractivity (Wildman–Crippen MR) is 113 cm³/mol. The zero-order valence-electron chi connectivity index (χ0n) is 16.3. The lowest BCUT2D eigenvalue weighted by Crippen LogP contribution is -2.36. The Labute approximate surface area is 169 Å². The van der Waals surface area contributed by atoms with Crippen molar-refractivity contribution in [1.82, 2.24) is 20.2 Å². The number of guanidine groups is 1. The maximum Gasteiger partial charge on any atom is 0.191 e. The van der Waals surface area contributed by atoms with Crippen molar-refractivity contribution >= 4 is 5.96 Å². The third-order valence-electron chi connectivity index (χ3n) is 4.25. The summed E-state index contributed by atoms with van der Waals surface area (Å²) in [6, 6.07) is 12.9. The fraction of sp³-hybridized carbons (Fsp3) is 0.182. The maximum absolute atomic E-state index is 14.4. The molecule has 0 atom stereocenters. The molecule has 0 saturated carbocycles. The average molecular weight is 393 g/mol. The van der Waals surface area contributed by atoms with Gasteiger partial charge in [-0.2, -0.15) is 0 Å². The van der Waals surface area contributed by atoms with Crippen LogP contribution in [0.4, 0.5) is 4.39 Å². The average Bonchev–Trinajstić information content (AvgIpc) is 3.27. The molecular weight excluding hydrogens is 369 g/mol. The van der Waals surface area contributed by atoms with Crippen LogP contribution in [0.25, 0.3) is 5.69 Å². The topological polar surface area (TPSA) is 63.5 Å².